The number of nitrogens with one attached hydrogen (secondary N) is 1. The lowest BCUT2D eigenvalue weighted by atomic mass is 10.1. The highest BCUT2D eigenvalue weighted by Crippen LogP contribution is 2.09. The molecule has 1 N–H and O–H groups in total. The first-order valence-corrected chi connectivity index (χ1v) is 7.14. The summed E-state index contributed by atoms with van der Waals surface area (Å²) in [7, 11) is 1.71. The van der Waals surface area contributed by atoms with Crippen molar-refractivity contribution in [2.24, 2.45) is 0 Å². The Morgan fingerprint density at radius 2 is 1.83 bits per heavy atom. The van der Waals surface area contributed by atoms with Gasteiger partial charge in [-0.2, -0.15) is 0 Å². The Balaban J connectivity index is 1.46. The van der Waals surface area contributed by atoms with E-state index in [0.717, 1.165) is 25.7 Å². The Morgan fingerprint density at radius 3 is 2.44 bits per heavy atom. The van der Waals surface area contributed by atoms with E-state index in [9.17, 15) is 0 Å². The van der Waals surface area contributed by atoms with Crippen LogP contribution in [0.2, 0.25) is 0 Å². The summed E-state index contributed by atoms with van der Waals surface area (Å²) in [5, 5.41) is 3.35. The number of nitrogens with zero attached hydrogens (tertiary/aromatic N) is 2. The van der Waals surface area contributed by atoms with Gasteiger partial charge in [-0.05, 0) is 6.42 Å². The minimum atomic E-state index is 0.702. The molecule has 18 heavy (non-hydrogen) atoms. The van der Waals surface area contributed by atoms with Crippen LogP contribution in [-0.4, -0.2) is 88.6 Å². The molecule has 5 heteroatoms. The number of hydrogen-bond donors (Lipinski definition) is 1. The van der Waals surface area contributed by atoms with Crippen LogP contribution in [0.3, 0.4) is 0 Å². The van der Waals surface area contributed by atoms with E-state index >= 15 is 0 Å². The molecule has 2 fully saturated rings. The quantitative estimate of drug-likeness (QED) is 0.601. The fraction of sp³-hybridized carbons (Fsp3) is 1.00. The van der Waals surface area contributed by atoms with E-state index in [1.165, 1.54) is 45.8 Å². The van der Waals surface area contributed by atoms with Gasteiger partial charge in [0.25, 0.3) is 0 Å². The SMILES string of the molecule is COCCOCCCN1CCN(C2CNC2)CC1. The highest BCUT2D eigenvalue weighted by atomic mass is 16.5. The minimum Gasteiger partial charge on any atom is -0.382 e. The molecule has 0 saturated carbocycles. The Hall–Kier alpha value is -0.200. The van der Waals surface area contributed by atoms with Crippen LogP contribution >= 0.6 is 0 Å². The lowest BCUT2D eigenvalue weighted by Gasteiger charge is -2.43. The average molecular weight is 257 g/mol. The molecule has 0 aliphatic carbocycles. The van der Waals surface area contributed by atoms with Crippen LogP contribution in [0.5, 0.6) is 0 Å². The zero-order valence-electron chi connectivity index (χ0n) is 11.6. The van der Waals surface area contributed by atoms with Crippen LogP contribution in [0.15, 0.2) is 0 Å². The van der Waals surface area contributed by atoms with E-state index in [1.54, 1.807) is 7.11 Å². The molecule has 0 atom stereocenters. The van der Waals surface area contributed by atoms with Gasteiger partial charge in [0.1, 0.15) is 0 Å². The van der Waals surface area contributed by atoms with Crippen LogP contribution in [0.25, 0.3) is 0 Å². The second-order valence-corrected chi connectivity index (χ2v) is 5.15. The molecule has 0 aromatic heterocycles. The van der Waals surface area contributed by atoms with E-state index in [0.29, 0.717) is 6.61 Å². The van der Waals surface area contributed by atoms with Crippen molar-refractivity contribution in [1.29, 1.82) is 0 Å². The van der Waals surface area contributed by atoms with Crippen LogP contribution in [0.4, 0.5) is 0 Å². The maximum absolute atomic E-state index is 5.48. The highest BCUT2D eigenvalue weighted by Gasteiger charge is 2.27. The maximum Gasteiger partial charge on any atom is 0.0700 e. The van der Waals surface area contributed by atoms with Gasteiger partial charge in [-0.25, -0.2) is 0 Å². The second-order valence-electron chi connectivity index (χ2n) is 5.15. The summed E-state index contributed by atoms with van der Waals surface area (Å²) >= 11 is 0. The molecule has 0 amide bonds. The first-order chi connectivity index (χ1) is 8.90. The van der Waals surface area contributed by atoms with Crippen molar-refractivity contribution < 1.29 is 9.47 Å². The number of rotatable bonds is 8. The number of methoxy groups -OCH3 is 1. The predicted molar refractivity (Wildman–Crippen MR) is 72.0 cm³/mol. The van der Waals surface area contributed by atoms with Gasteiger partial charge in [-0.1, -0.05) is 0 Å². The van der Waals surface area contributed by atoms with E-state index < -0.39 is 0 Å². The number of hydrogen-bond acceptors (Lipinski definition) is 5. The first kappa shape index (κ1) is 14.2. The molecule has 106 valence electrons. The third kappa shape index (κ3) is 4.48. The van der Waals surface area contributed by atoms with Crippen molar-refractivity contribution in [2.75, 3.05) is 72.7 Å². The highest BCUT2D eigenvalue weighted by molar-refractivity contribution is 4.87. The Kier molecular flexibility index (Phi) is 6.37. The smallest absolute Gasteiger partial charge is 0.0700 e. The van der Waals surface area contributed by atoms with Gasteiger partial charge in [0.15, 0.2) is 0 Å². The minimum absolute atomic E-state index is 0.702. The van der Waals surface area contributed by atoms with Crippen molar-refractivity contribution in [3.63, 3.8) is 0 Å². The molecule has 2 aliphatic heterocycles. The second kappa shape index (κ2) is 8.07. The molecule has 2 saturated heterocycles. The van der Waals surface area contributed by atoms with E-state index in [-0.39, 0.29) is 0 Å². The molecular weight excluding hydrogens is 230 g/mol. The summed E-state index contributed by atoms with van der Waals surface area (Å²) in [5.41, 5.74) is 0. The van der Waals surface area contributed by atoms with Crippen molar-refractivity contribution >= 4 is 0 Å². The van der Waals surface area contributed by atoms with Gasteiger partial charge in [0.2, 0.25) is 0 Å². The van der Waals surface area contributed by atoms with Crippen molar-refractivity contribution in [3.05, 3.63) is 0 Å². The number of piperazine rings is 1. The molecule has 2 heterocycles. The topological polar surface area (TPSA) is 37.0 Å². The van der Waals surface area contributed by atoms with Crippen molar-refractivity contribution in [1.82, 2.24) is 15.1 Å². The van der Waals surface area contributed by atoms with E-state index in [2.05, 4.69) is 15.1 Å². The first-order valence-electron chi connectivity index (χ1n) is 7.14. The van der Waals surface area contributed by atoms with E-state index in [1.807, 2.05) is 0 Å². The Labute approximate surface area is 110 Å². The summed E-state index contributed by atoms with van der Waals surface area (Å²) in [5.74, 6) is 0. The molecule has 0 radical (unpaired) electrons. The zero-order valence-corrected chi connectivity index (χ0v) is 11.6. The lowest BCUT2D eigenvalue weighted by Crippen LogP contribution is -2.61. The summed E-state index contributed by atoms with van der Waals surface area (Å²) in [6.07, 6.45) is 1.13. The van der Waals surface area contributed by atoms with Gasteiger partial charge >= 0.3 is 0 Å². The fourth-order valence-corrected chi connectivity index (χ4v) is 2.52. The van der Waals surface area contributed by atoms with Gasteiger partial charge in [0.05, 0.1) is 13.2 Å². The fourth-order valence-electron chi connectivity index (χ4n) is 2.52. The summed E-state index contributed by atoms with van der Waals surface area (Å²) in [4.78, 5) is 5.18. The van der Waals surface area contributed by atoms with Crippen LogP contribution in [0.1, 0.15) is 6.42 Å². The molecule has 0 spiro atoms. The van der Waals surface area contributed by atoms with Crippen molar-refractivity contribution in [3.8, 4) is 0 Å². The lowest BCUT2D eigenvalue weighted by molar-refractivity contribution is 0.0511. The monoisotopic (exact) mass is 257 g/mol. The predicted octanol–water partition coefficient (Wildman–Crippen LogP) is -0.371. The standard InChI is InChI=1S/C13H27N3O2/c1-17-9-10-18-8-2-3-15-4-6-16(7-5-15)13-11-14-12-13/h13-14H,2-12H2,1H3. The maximum atomic E-state index is 5.48. The third-order valence-corrected chi connectivity index (χ3v) is 3.88. The van der Waals surface area contributed by atoms with Crippen LogP contribution in [0, 0.1) is 0 Å². The third-order valence-electron chi connectivity index (χ3n) is 3.88. The van der Waals surface area contributed by atoms with E-state index in [4.69, 9.17) is 9.47 Å². The van der Waals surface area contributed by atoms with Gasteiger partial charge in [-0.15, -0.1) is 0 Å². The van der Waals surface area contributed by atoms with Gasteiger partial charge < -0.3 is 19.7 Å². The largest absolute Gasteiger partial charge is 0.382 e. The van der Waals surface area contributed by atoms with Crippen molar-refractivity contribution in [2.45, 2.75) is 12.5 Å². The summed E-state index contributed by atoms with van der Waals surface area (Å²) in [6.45, 7) is 10.7. The summed E-state index contributed by atoms with van der Waals surface area (Å²) < 4.78 is 10.4. The van der Waals surface area contributed by atoms with Crippen LogP contribution in [-0.2, 0) is 9.47 Å². The Bertz CT molecular complexity index is 216. The normalized spacial score (nSPS) is 23.2. The molecule has 0 aromatic carbocycles. The average Bonchev–Trinajstić information content (AvgIpc) is 2.33. The molecular formula is C13H27N3O2. The van der Waals surface area contributed by atoms with Gasteiger partial charge in [-0.3, -0.25) is 4.90 Å². The molecule has 0 unspecified atom stereocenters. The molecule has 0 aromatic rings. The molecule has 2 rings (SSSR count). The van der Waals surface area contributed by atoms with Gasteiger partial charge in [0, 0.05) is 65.6 Å². The zero-order chi connectivity index (χ0) is 12.6. The Morgan fingerprint density at radius 1 is 1.06 bits per heavy atom. The molecule has 0 bridgehead atoms. The molecule has 2 aliphatic rings. The molecule has 5 nitrogen and oxygen atoms in total. The van der Waals surface area contributed by atoms with Crippen LogP contribution < -0.4 is 5.32 Å². The number of ether oxygens (including phenoxy) is 2. The summed E-state index contributed by atoms with van der Waals surface area (Å²) in [6, 6.07) is 0.810.